The SMILES string of the molecule is c1ccc2c(NCCC3CCNC3)cccc2c1. The minimum absolute atomic E-state index is 0.854. The van der Waals surface area contributed by atoms with Crippen molar-refractivity contribution < 1.29 is 0 Å². The minimum atomic E-state index is 0.854. The van der Waals surface area contributed by atoms with Crippen LogP contribution in [0, 0.1) is 5.92 Å². The van der Waals surface area contributed by atoms with Gasteiger partial charge in [-0.25, -0.2) is 0 Å². The quantitative estimate of drug-likeness (QED) is 0.857. The van der Waals surface area contributed by atoms with Crippen molar-refractivity contribution in [3.63, 3.8) is 0 Å². The lowest BCUT2D eigenvalue weighted by atomic mass is 10.0. The van der Waals surface area contributed by atoms with Crippen LogP contribution in [0.25, 0.3) is 10.8 Å². The number of anilines is 1. The van der Waals surface area contributed by atoms with Gasteiger partial charge in [-0.3, -0.25) is 0 Å². The van der Waals surface area contributed by atoms with E-state index >= 15 is 0 Å². The van der Waals surface area contributed by atoms with Gasteiger partial charge in [0.2, 0.25) is 0 Å². The van der Waals surface area contributed by atoms with Gasteiger partial charge in [-0.2, -0.15) is 0 Å². The predicted octanol–water partition coefficient (Wildman–Crippen LogP) is 3.25. The fraction of sp³-hybridized carbons (Fsp3) is 0.375. The first-order valence-electron chi connectivity index (χ1n) is 6.86. The molecule has 1 aliphatic heterocycles. The van der Waals surface area contributed by atoms with E-state index in [2.05, 4.69) is 53.1 Å². The topological polar surface area (TPSA) is 24.1 Å². The monoisotopic (exact) mass is 240 g/mol. The molecule has 0 bridgehead atoms. The van der Waals surface area contributed by atoms with Crippen LogP contribution in [-0.2, 0) is 0 Å². The summed E-state index contributed by atoms with van der Waals surface area (Å²) in [6.07, 6.45) is 2.59. The Labute approximate surface area is 108 Å². The molecule has 2 heteroatoms. The van der Waals surface area contributed by atoms with Crippen molar-refractivity contribution in [3.8, 4) is 0 Å². The lowest BCUT2D eigenvalue weighted by Gasteiger charge is -2.12. The molecule has 0 aromatic heterocycles. The highest BCUT2D eigenvalue weighted by atomic mass is 14.9. The fourth-order valence-electron chi connectivity index (χ4n) is 2.75. The second-order valence-electron chi connectivity index (χ2n) is 5.10. The maximum Gasteiger partial charge on any atom is 0.0419 e. The lowest BCUT2D eigenvalue weighted by Crippen LogP contribution is -2.12. The van der Waals surface area contributed by atoms with E-state index in [9.17, 15) is 0 Å². The Hall–Kier alpha value is -1.54. The fourth-order valence-corrected chi connectivity index (χ4v) is 2.75. The molecule has 2 nitrogen and oxygen atoms in total. The molecule has 1 aliphatic rings. The maximum absolute atomic E-state index is 3.59. The maximum atomic E-state index is 3.59. The smallest absolute Gasteiger partial charge is 0.0419 e. The first-order valence-corrected chi connectivity index (χ1v) is 6.86. The summed E-state index contributed by atoms with van der Waals surface area (Å²) in [5, 5.41) is 9.64. The second-order valence-corrected chi connectivity index (χ2v) is 5.10. The van der Waals surface area contributed by atoms with Crippen molar-refractivity contribution >= 4 is 16.5 Å². The highest BCUT2D eigenvalue weighted by Gasteiger charge is 2.13. The van der Waals surface area contributed by atoms with Crippen molar-refractivity contribution in [2.24, 2.45) is 5.92 Å². The molecule has 2 aromatic carbocycles. The van der Waals surface area contributed by atoms with Gasteiger partial charge in [-0.15, -0.1) is 0 Å². The summed E-state index contributed by atoms with van der Waals surface area (Å²) in [6, 6.07) is 15.0. The van der Waals surface area contributed by atoms with Crippen LogP contribution in [0.3, 0.4) is 0 Å². The lowest BCUT2D eigenvalue weighted by molar-refractivity contribution is 0.549. The van der Waals surface area contributed by atoms with E-state index < -0.39 is 0 Å². The average Bonchev–Trinajstić information content (AvgIpc) is 2.92. The molecule has 0 aliphatic carbocycles. The third-order valence-corrected chi connectivity index (χ3v) is 3.82. The van der Waals surface area contributed by atoms with E-state index in [-0.39, 0.29) is 0 Å². The van der Waals surface area contributed by atoms with Crippen molar-refractivity contribution in [3.05, 3.63) is 42.5 Å². The summed E-state index contributed by atoms with van der Waals surface area (Å²) in [7, 11) is 0. The molecule has 0 saturated carbocycles. The Morgan fingerprint density at radius 1 is 1.11 bits per heavy atom. The minimum Gasteiger partial charge on any atom is -0.385 e. The van der Waals surface area contributed by atoms with Gasteiger partial charge in [0.05, 0.1) is 0 Å². The van der Waals surface area contributed by atoms with Gasteiger partial charge in [0.1, 0.15) is 0 Å². The van der Waals surface area contributed by atoms with Gasteiger partial charge in [-0.05, 0) is 43.3 Å². The number of rotatable bonds is 4. The number of hydrogen-bond acceptors (Lipinski definition) is 2. The van der Waals surface area contributed by atoms with E-state index in [0.29, 0.717) is 0 Å². The molecule has 0 radical (unpaired) electrons. The van der Waals surface area contributed by atoms with Gasteiger partial charge in [0.15, 0.2) is 0 Å². The predicted molar refractivity (Wildman–Crippen MR) is 78.0 cm³/mol. The van der Waals surface area contributed by atoms with E-state index in [0.717, 1.165) is 12.5 Å². The van der Waals surface area contributed by atoms with Crippen LogP contribution in [0.1, 0.15) is 12.8 Å². The third kappa shape index (κ3) is 2.49. The molecule has 2 N–H and O–H groups in total. The van der Waals surface area contributed by atoms with Crippen LogP contribution in [-0.4, -0.2) is 19.6 Å². The molecule has 3 rings (SSSR count). The Kier molecular flexibility index (Phi) is 3.47. The molecule has 1 fully saturated rings. The molecular formula is C16H20N2. The van der Waals surface area contributed by atoms with Gasteiger partial charge in [-0.1, -0.05) is 36.4 Å². The zero-order chi connectivity index (χ0) is 12.2. The highest BCUT2D eigenvalue weighted by molar-refractivity contribution is 5.93. The number of hydrogen-bond donors (Lipinski definition) is 2. The first-order chi connectivity index (χ1) is 8.93. The van der Waals surface area contributed by atoms with Crippen molar-refractivity contribution in [1.82, 2.24) is 5.32 Å². The van der Waals surface area contributed by atoms with Gasteiger partial charge < -0.3 is 10.6 Å². The van der Waals surface area contributed by atoms with Crippen LogP contribution in [0.5, 0.6) is 0 Å². The van der Waals surface area contributed by atoms with Gasteiger partial charge >= 0.3 is 0 Å². The molecule has 94 valence electrons. The summed E-state index contributed by atoms with van der Waals surface area (Å²) in [6.45, 7) is 3.45. The molecule has 1 atom stereocenters. The zero-order valence-electron chi connectivity index (χ0n) is 10.7. The molecule has 1 saturated heterocycles. The van der Waals surface area contributed by atoms with Crippen LogP contribution in [0.2, 0.25) is 0 Å². The standard InChI is InChI=1S/C16H20N2/c1-2-6-15-14(4-1)5-3-7-16(15)18-11-9-13-8-10-17-12-13/h1-7,13,17-18H,8-12H2. The number of fused-ring (bicyclic) bond motifs is 1. The van der Waals surface area contributed by atoms with Crippen LogP contribution in [0.4, 0.5) is 5.69 Å². The van der Waals surface area contributed by atoms with E-state index in [1.807, 2.05) is 0 Å². The summed E-state index contributed by atoms with van der Waals surface area (Å²) in [5.74, 6) is 0.854. The largest absolute Gasteiger partial charge is 0.385 e. The highest BCUT2D eigenvalue weighted by Crippen LogP contribution is 2.23. The summed E-state index contributed by atoms with van der Waals surface area (Å²) in [5.41, 5.74) is 1.26. The number of nitrogens with one attached hydrogen (secondary N) is 2. The van der Waals surface area contributed by atoms with Crippen LogP contribution >= 0.6 is 0 Å². The summed E-state index contributed by atoms with van der Waals surface area (Å²) in [4.78, 5) is 0. The average molecular weight is 240 g/mol. The van der Waals surface area contributed by atoms with Crippen molar-refractivity contribution in [2.45, 2.75) is 12.8 Å². The Bertz CT molecular complexity index is 510. The van der Waals surface area contributed by atoms with Crippen LogP contribution in [0.15, 0.2) is 42.5 Å². The van der Waals surface area contributed by atoms with Crippen molar-refractivity contribution in [1.29, 1.82) is 0 Å². The normalized spacial score (nSPS) is 19.2. The Morgan fingerprint density at radius 3 is 2.89 bits per heavy atom. The van der Waals surface area contributed by atoms with E-state index in [4.69, 9.17) is 0 Å². The molecule has 0 spiro atoms. The van der Waals surface area contributed by atoms with Crippen molar-refractivity contribution in [2.75, 3.05) is 25.0 Å². The molecular weight excluding hydrogens is 220 g/mol. The molecule has 1 heterocycles. The van der Waals surface area contributed by atoms with Crippen LogP contribution < -0.4 is 10.6 Å². The first kappa shape index (κ1) is 11.5. The third-order valence-electron chi connectivity index (χ3n) is 3.82. The molecule has 2 aromatic rings. The Morgan fingerprint density at radius 2 is 2.00 bits per heavy atom. The second kappa shape index (κ2) is 5.40. The summed E-state index contributed by atoms with van der Waals surface area (Å²) < 4.78 is 0. The molecule has 18 heavy (non-hydrogen) atoms. The zero-order valence-corrected chi connectivity index (χ0v) is 10.7. The van der Waals surface area contributed by atoms with Gasteiger partial charge in [0, 0.05) is 17.6 Å². The summed E-state index contributed by atoms with van der Waals surface area (Å²) >= 11 is 0. The van der Waals surface area contributed by atoms with E-state index in [1.54, 1.807) is 0 Å². The molecule has 0 amide bonds. The molecule has 1 unspecified atom stereocenters. The van der Waals surface area contributed by atoms with Gasteiger partial charge in [0.25, 0.3) is 0 Å². The number of benzene rings is 2. The van der Waals surface area contributed by atoms with E-state index in [1.165, 1.54) is 42.4 Å². The Balaban J connectivity index is 1.66.